The van der Waals surface area contributed by atoms with Gasteiger partial charge in [-0.25, -0.2) is 4.90 Å². The van der Waals surface area contributed by atoms with Crippen molar-refractivity contribution < 1.29 is 19.4 Å². The first-order valence-corrected chi connectivity index (χ1v) is 8.21. The fraction of sp³-hybridized carbons (Fsp3) is 0.111. The summed E-state index contributed by atoms with van der Waals surface area (Å²) in [6.07, 6.45) is 1.51. The van der Waals surface area contributed by atoms with Crippen molar-refractivity contribution in [2.45, 2.75) is 6.92 Å². The van der Waals surface area contributed by atoms with Gasteiger partial charge in [0.1, 0.15) is 0 Å². The number of carbonyl (C=O) groups excluding carboxylic acids is 2. The Kier molecular flexibility index (Phi) is 4.57. The molecule has 1 aliphatic heterocycles. The van der Waals surface area contributed by atoms with Crippen molar-refractivity contribution in [2.24, 2.45) is 0 Å². The van der Waals surface area contributed by atoms with Crippen LogP contribution >= 0.6 is 11.8 Å². The number of aromatic hydroxyl groups is 1. The molecule has 0 saturated carbocycles. The second kappa shape index (κ2) is 6.80. The highest BCUT2D eigenvalue weighted by atomic mass is 32.2. The summed E-state index contributed by atoms with van der Waals surface area (Å²) in [6, 6.07) is 13.8. The molecule has 1 saturated heterocycles. The van der Waals surface area contributed by atoms with Crippen LogP contribution in [-0.4, -0.2) is 22.9 Å². The number of rotatable bonds is 4. The highest BCUT2D eigenvalue weighted by molar-refractivity contribution is 8.19. The standard InChI is InChI=1S/C18H15NO4S/c1-2-23-14-10-6-7-12(16(14)20)11-15-17(21)19(18(22)24-15)13-8-4-3-5-9-13/h3-11,20H,2H2,1H3/b15-11+. The number of hydrogen-bond donors (Lipinski definition) is 1. The highest BCUT2D eigenvalue weighted by Crippen LogP contribution is 2.38. The van der Waals surface area contributed by atoms with Crippen molar-refractivity contribution in [1.82, 2.24) is 0 Å². The molecule has 1 fully saturated rings. The van der Waals surface area contributed by atoms with Gasteiger partial charge < -0.3 is 9.84 Å². The molecule has 1 N–H and O–H groups in total. The minimum absolute atomic E-state index is 0.0501. The number of amides is 2. The molecule has 2 aromatic carbocycles. The number of para-hydroxylation sites is 2. The van der Waals surface area contributed by atoms with Gasteiger partial charge in [0.05, 0.1) is 17.2 Å². The average Bonchev–Trinajstić information content (AvgIpc) is 2.86. The SMILES string of the molecule is CCOc1cccc(/C=C2/SC(=O)N(c3ccccc3)C2=O)c1O. The van der Waals surface area contributed by atoms with Gasteiger partial charge in [-0.3, -0.25) is 9.59 Å². The number of anilines is 1. The van der Waals surface area contributed by atoms with Crippen molar-refractivity contribution in [2.75, 3.05) is 11.5 Å². The predicted molar refractivity (Wildman–Crippen MR) is 94.2 cm³/mol. The molecule has 122 valence electrons. The van der Waals surface area contributed by atoms with E-state index in [0.717, 1.165) is 16.7 Å². The van der Waals surface area contributed by atoms with Gasteiger partial charge in [0.2, 0.25) is 0 Å². The molecule has 2 amide bonds. The van der Waals surface area contributed by atoms with E-state index in [-0.39, 0.29) is 15.9 Å². The van der Waals surface area contributed by atoms with Crippen molar-refractivity contribution in [3.05, 3.63) is 59.0 Å². The first-order valence-electron chi connectivity index (χ1n) is 7.39. The number of nitrogens with zero attached hydrogens (tertiary/aromatic N) is 1. The van der Waals surface area contributed by atoms with E-state index >= 15 is 0 Å². The number of benzene rings is 2. The normalized spacial score (nSPS) is 16.0. The summed E-state index contributed by atoms with van der Waals surface area (Å²) in [4.78, 5) is 26.1. The van der Waals surface area contributed by atoms with E-state index in [2.05, 4.69) is 0 Å². The number of thioether (sulfide) groups is 1. The Balaban J connectivity index is 1.94. The molecule has 3 rings (SSSR count). The second-order valence-corrected chi connectivity index (χ2v) is 5.97. The van der Waals surface area contributed by atoms with E-state index in [0.29, 0.717) is 23.6 Å². The van der Waals surface area contributed by atoms with Crippen LogP contribution in [0, 0.1) is 0 Å². The molecule has 0 unspecified atom stereocenters. The third kappa shape index (κ3) is 3.00. The van der Waals surface area contributed by atoms with Gasteiger partial charge in [0, 0.05) is 5.56 Å². The Labute approximate surface area is 143 Å². The van der Waals surface area contributed by atoms with Gasteiger partial charge in [-0.15, -0.1) is 0 Å². The maximum Gasteiger partial charge on any atom is 0.298 e. The van der Waals surface area contributed by atoms with Gasteiger partial charge in [-0.05, 0) is 43.0 Å². The van der Waals surface area contributed by atoms with Gasteiger partial charge >= 0.3 is 0 Å². The van der Waals surface area contributed by atoms with E-state index < -0.39 is 5.91 Å². The molecule has 0 spiro atoms. The summed E-state index contributed by atoms with van der Waals surface area (Å²) < 4.78 is 5.33. The fourth-order valence-electron chi connectivity index (χ4n) is 2.34. The minimum Gasteiger partial charge on any atom is -0.504 e. The lowest BCUT2D eigenvalue weighted by molar-refractivity contribution is -0.113. The quantitative estimate of drug-likeness (QED) is 0.851. The van der Waals surface area contributed by atoms with Crippen LogP contribution in [0.25, 0.3) is 6.08 Å². The van der Waals surface area contributed by atoms with E-state index in [1.807, 2.05) is 13.0 Å². The number of imide groups is 1. The van der Waals surface area contributed by atoms with E-state index in [4.69, 9.17) is 4.74 Å². The first kappa shape index (κ1) is 16.1. The third-order valence-electron chi connectivity index (χ3n) is 3.42. The number of ether oxygens (including phenoxy) is 1. The molecule has 6 heteroatoms. The summed E-state index contributed by atoms with van der Waals surface area (Å²) in [7, 11) is 0. The Bertz CT molecular complexity index is 817. The molecule has 0 aliphatic carbocycles. The zero-order valence-electron chi connectivity index (χ0n) is 12.9. The minimum atomic E-state index is -0.405. The lowest BCUT2D eigenvalue weighted by atomic mass is 10.1. The van der Waals surface area contributed by atoms with Crippen LogP contribution in [-0.2, 0) is 4.79 Å². The smallest absolute Gasteiger partial charge is 0.298 e. The van der Waals surface area contributed by atoms with Crippen molar-refractivity contribution >= 4 is 34.7 Å². The number of phenolic OH excluding ortho intramolecular Hbond substituents is 1. The maximum absolute atomic E-state index is 12.5. The summed E-state index contributed by atoms with van der Waals surface area (Å²) in [5.41, 5.74) is 0.954. The molecule has 0 atom stereocenters. The number of phenols is 1. The predicted octanol–water partition coefficient (Wildman–Crippen LogP) is 4.03. The van der Waals surface area contributed by atoms with Crippen LogP contribution in [0.3, 0.4) is 0 Å². The lowest BCUT2D eigenvalue weighted by Crippen LogP contribution is -2.27. The molecule has 1 heterocycles. The van der Waals surface area contributed by atoms with Crippen molar-refractivity contribution in [3.63, 3.8) is 0 Å². The van der Waals surface area contributed by atoms with Crippen molar-refractivity contribution in [1.29, 1.82) is 0 Å². The molecule has 2 aromatic rings. The summed E-state index contributed by atoms with van der Waals surface area (Å²) in [5, 5.41) is 9.86. The van der Waals surface area contributed by atoms with Gasteiger partial charge in [-0.2, -0.15) is 0 Å². The molecule has 1 aliphatic rings. The van der Waals surface area contributed by atoms with Crippen LogP contribution in [0.2, 0.25) is 0 Å². The molecular weight excluding hydrogens is 326 g/mol. The topological polar surface area (TPSA) is 66.8 Å². The summed E-state index contributed by atoms with van der Waals surface area (Å²) >= 11 is 0.846. The van der Waals surface area contributed by atoms with Crippen LogP contribution in [0.15, 0.2) is 53.4 Å². The van der Waals surface area contributed by atoms with E-state index in [1.54, 1.807) is 42.5 Å². The van der Waals surface area contributed by atoms with Gasteiger partial charge in [0.15, 0.2) is 11.5 Å². The maximum atomic E-state index is 12.5. The van der Waals surface area contributed by atoms with E-state index in [1.165, 1.54) is 6.08 Å². The van der Waals surface area contributed by atoms with Crippen LogP contribution < -0.4 is 9.64 Å². The average molecular weight is 341 g/mol. The monoisotopic (exact) mass is 341 g/mol. The Morgan fingerprint density at radius 2 is 1.88 bits per heavy atom. The Morgan fingerprint density at radius 3 is 2.58 bits per heavy atom. The van der Waals surface area contributed by atoms with Gasteiger partial charge in [-0.1, -0.05) is 30.3 Å². The molecular formula is C18H15NO4S. The van der Waals surface area contributed by atoms with Crippen molar-refractivity contribution in [3.8, 4) is 11.5 Å². The zero-order valence-corrected chi connectivity index (χ0v) is 13.7. The second-order valence-electron chi connectivity index (χ2n) is 4.98. The first-order chi connectivity index (χ1) is 11.6. The van der Waals surface area contributed by atoms with Crippen LogP contribution in [0.1, 0.15) is 12.5 Å². The van der Waals surface area contributed by atoms with Crippen LogP contribution in [0.4, 0.5) is 10.5 Å². The molecule has 0 bridgehead atoms. The Hall–Kier alpha value is -2.73. The largest absolute Gasteiger partial charge is 0.504 e. The molecule has 24 heavy (non-hydrogen) atoms. The lowest BCUT2D eigenvalue weighted by Gasteiger charge is -2.11. The fourth-order valence-corrected chi connectivity index (χ4v) is 3.17. The third-order valence-corrected chi connectivity index (χ3v) is 4.29. The number of hydrogen-bond acceptors (Lipinski definition) is 5. The summed E-state index contributed by atoms with van der Waals surface area (Å²) in [6.45, 7) is 2.23. The Morgan fingerprint density at radius 1 is 1.12 bits per heavy atom. The van der Waals surface area contributed by atoms with E-state index in [9.17, 15) is 14.7 Å². The molecule has 5 nitrogen and oxygen atoms in total. The molecule has 0 aromatic heterocycles. The van der Waals surface area contributed by atoms with Crippen LogP contribution in [0.5, 0.6) is 11.5 Å². The zero-order chi connectivity index (χ0) is 17.1. The summed E-state index contributed by atoms with van der Waals surface area (Å²) in [5.74, 6) is -0.114. The van der Waals surface area contributed by atoms with Gasteiger partial charge in [0.25, 0.3) is 11.1 Å². The number of carbonyl (C=O) groups is 2. The molecule has 0 radical (unpaired) electrons. The highest BCUT2D eigenvalue weighted by Gasteiger charge is 2.36.